The molecule has 0 radical (unpaired) electrons. The van der Waals surface area contributed by atoms with E-state index in [-0.39, 0.29) is 18.5 Å². The molecule has 0 heterocycles. The highest BCUT2D eigenvalue weighted by atomic mass is 16.5. The van der Waals surface area contributed by atoms with Crippen LogP contribution in [0.25, 0.3) is 0 Å². The van der Waals surface area contributed by atoms with Crippen LogP contribution < -0.4 is 9.47 Å². The van der Waals surface area contributed by atoms with Crippen LogP contribution in [-0.4, -0.2) is 44.1 Å². The Kier molecular flexibility index (Phi) is 10.2. The number of rotatable bonds is 10. The summed E-state index contributed by atoms with van der Waals surface area (Å²) in [6, 6.07) is 5.50. The molecule has 0 unspecified atom stereocenters. The van der Waals surface area contributed by atoms with Crippen molar-refractivity contribution in [3.05, 3.63) is 59.7 Å². The van der Waals surface area contributed by atoms with Gasteiger partial charge in [0.1, 0.15) is 18.1 Å². The summed E-state index contributed by atoms with van der Waals surface area (Å²) >= 11 is 0. The second-order valence-corrected chi connectivity index (χ2v) is 6.11. The molecule has 0 aromatic heterocycles. The molecule has 1 amide bonds. The van der Waals surface area contributed by atoms with Gasteiger partial charge in [-0.2, -0.15) is 0 Å². The van der Waals surface area contributed by atoms with Crippen LogP contribution in [0.4, 0.5) is 0 Å². The van der Waals surface area contributed by atoms with Crippen molar-refractivity contribution < 1.29 is 23.8 Å². The molecule has 1 aromatic carbocycles. The first-order valence-electron chi connectivity index (χ1n) is 8.99. The number of nitrogens with zero attached hydrogens (tertiary/aromatic N) is 1. The highest BCUT2D eigenvalue weighted by Gasteiger charge is 2.15. The number of esters is 1. The van der Waals surface area contributed by atoms with E-state index in [1.54, 1.807) is 43.4 Å². The SMILES string of the molecule is C/C=C/C=C/C(=O)N(C/C(C)=C/COC(C)=O)Cc1ccc(OC)cc1OC. The number of ether oxygens (including phenoxy) is 3. The Bertz CT molecular complexity index is 749. The summed E-state index contributed by atoms with van der Waals surface area (Å²) in [5, 5.41) is 0. The quantitative estimate of drug-likeness (QED) is 0.265. The summed E-state index contributed by atoms with van der Waals surface area (Å²) in [4.78, 5) is 25.3. The molecule has 0 spiro atoms. The van der Waals surface area contributed by atoms with Crippen LogP contribution in [-0.2, 0) is 20.9 Å². The van der Waals surface area contributed by atoms with Crippen molar-refractivity contribution in [2.24, 2.45) is 0 Å². The molecular weight excluding hydrogens is 358 g/mol. The Morgan fingerprint density at radius 2 is 1.86 bits per heavy atom. The van der Waals surface area contributed by atoms with Gasteiger partial charge in [-0.1, -0.05) is 23.8 Å². The number of allylic oxidation sites excluding steroid dienone is 3. The van der Waals surface area contributed by atoms with Crippen molar-refractivity contribution in [3.8, 4) is 11.5 Å². The van der Waals surface area contributed by atoms with Gasteiger partial charge in [0, 0.05) is 37.7 Å². The average molecular weight is 387 g/mol. The second-order valence-electron chi connectivity index (χ2n) is 6.11. The first-order chi connectivity index (χ1) is 13.4. The lowest BCUT2D eigenvalue weighted by Gasteiger charge is -2.23. The van der Waals surface area contributed by atoms with Crippen LogP contribution in [0, 0.1) is 0 Å². The van der Waals surface area contributed by atoms with Gasteiger partial charge >= 0.3 is 5.97 Å². The third-order valence-electron chi connectivity index (χ3n) is 3.87. The van der Waals surface area contributed by atoms with Crippen molar-refractivity contribution in [2.75, 3.05) is 27.4 Å². The molecule has 6 heteroatoms. The molecule has 0 atom stereocenters. The van der Waals surface area contributed by atoms with Gasteiger partial charge in [0.25, 0.3) is 0 Å². The summed E-state index contributed by atoms with van der Waals surface area (Å²) in [5.41, 5.74) is 1.78. The van der Waals surface area contributed by atoms with Crippen LogP contribution in [0.15, 0.2) is 54.2 Å². The monoisotopic (exact) mass is 387 g/mol. The van der Waals surface area contributed by atoms with Gasteiger partial charge in [0.05, 0.1) is 14.2 Å². The minimum absolute atomic E-state index is 0.129. The minimum Gasteiger partial charge on any atom is -0.497 e. The highest BCUT2D eigenvalue weighted by Crippen LogP contribution is 2.26. The molecule has 152 valence electrons. The van der Waals surface area contributed by atoms with E-state index < -0.39 is 0 Å². The molecular formula is C22H29NO5. The Labute approximate surface area is 167 Å². The Hall–Kier alpha value is -3.02. The second kappa shape index (κ2) is 12.4. The lowest BCUT2D eigenvalue weighted by molar-refractivity contribution is -0.139. The van der Waals surface area contributed by atoms with Crippen LogP contribution in [0.5, 0.6) is 11.5 Å². The van der Waals surface area contributed by atoms with Crippen LogP contribution in [0.2, 0.25) is 0 Å². The molecule has 0 aliphatic carbocycles. The zero-order valence-electron chi connectivity index (χ0n) is 17.2. The standard InChI is InChI=1S/C22H29NO5/c1-6-7-8-9-22(25)23(15-17(2)12-13-28-18(3)24)16-19-10-11-20(26-4)14-21(19)27-5/h6-12,14H,13,15-16H2,1-5H3/b7-6+,9-8+,17-12+. The van der Waals surface area contributed by atoms with Gasteiger partial charge in [-0.05, 0) is 32.1 Å². The van der Waals surface area contributed by atoms with Crippen molar-refractivity contribution in [1.82, 2.24) is 4.90 Å². The third-order valence-corrected chi connectivity index (χ3v) is 3.87. The largest absolute Gasteiger partial charge is 0.497 e. The molecule has 1 rings (SSSR count). The maximum absolute atomic E-state index is 12.7. The van der Waals surface area contributed by atoms with E-state index >= 15 is 0 Å². The van der Waals surface area contributed by atoms with Gasteiger partial charge in [0.15, 0.2) is 0 Å². The fourth-order valence-electron chi connectivity index (χ4n) is 2.42. The summed E-state index contributed by atoms with van der Waals surface area (Å²) < 4.78 is 15.6. The Morgan fingerprint density at radius 1 is 1.11 bits per heavy atom. The van der Waals surface area contributed by atoms with Crippen molar-refractivity contribution in [2.45, 2.75) is 27.3 Å². The number of hydrogen-bond acceptors (Lipinski definition) is 5. The van der Waals surface area contributed by atoms with E-state index in [9.17, 15) is 9.59 Å². The normalized spacial score (nSPS) is 11.7. The van der Waals surface area contributed by atoms with Gasteiger partial charge in [-0.15, -0.1) is 0 Å². The number of methoxy groups -OCH3 is 2. The summed E-state index contributed by atoms with van der Waals surface area (Å²) in [7, 11) is 3.17. The van der Waals surface area contributed by atoms with Crippen LogP contribution in [0.1, 0.15) is 26.3 Å². The molecule has 0 saturated heterocycles. The molecule has 0 N–H and O–H groups in total. The zero-order valence-corrected chi connectivity index (χ0v) is 17.2. The number of carbonyl (C=O) groups is 2. The molecule has 0 aliphatic heterocycles. The van der Waals surface area contributed by atoms with E-state index in [4.69, 9.17) is 14.2 Å². The number of hydrogen-bond donors (Lipinski definition) is 0. The van der Waals surface area contributed by atoms with E-state index in [1.807, 2.05) is 32.1 Å². The lowest BCUT2D eigenvalue weighted by atomic mass is 10.1. The summed E-state index contributed by atoms with van der Waals surface area (Å²) in [5.74, 6) is 0.866. The molecule has 0 aliphatic rings. The molecule has 0 fully saturated rings. The van der Waals surface area contributed by atoms with Crippen LogP contribution in [0.3, 0.4) is 0 Å². The Balaban J connectivity index is 3.03. The van der Waals surface area contributed by atoms with E-state index in [2.05, 4.69) is 0 Å². The fraction of sp³-hybridized carbons (Fsp3) is 0.364. The van der Waals surface area contributed by atoms with E-state index in [1.165, 1.54) is 13.0 Å². The maximum atomic E-state index is 12.7. The molecule has 6 nitrogen and oxygen atoms in total. The van der Waals surface area contributed by atoms with E-state index in [0.29, 0.717) is 24.6 Å². The lowest BCUT2D eigenvalue weighted by Crippen LogP contribution is -2.31. The van der Waals surface area contributed by atoms with E-state index in [0.717, 1.165) is 11.1 Å². The van der Waals surface area contributed by atoms with Gasteiger partial charge in [-0.3, -0.25) is 9.59 Å². The smallest absolute Gasteiger partial charge is 0.302 e. The van der Waals surface area contributed by atoms with Gasteiger partial charge in [-0.25, -0.2) is 0 Å². The number of benzene rings is 1. The van der Waals surface area contributed by atoms with Gasteiger partial charge in [0.2, 0.25) is 5.91 Å². The third kappa shape index (κ3) is 8.12. The topological polar surface area (TPSA) is 65.1 Å². The maximum Gasteiger partial charge on any atom is 0.302 e. The Morgan fingerprint density at radius 3 is 2.46 bits per heavy atom. The first kappa shape index (κ1) is 23.0. The fourth-order valence-corrected chi connectivity index (χ4v) is 2.42. The molecule has 1 aromatic rings. The number of amides is 1. The molecule has 0 saturated carbocycles. The predicted molar refractivity (Wildman–Crippen MR) is 109 cm³/mol. The van der Waals surface area contributed by atoms with Gasteiger partial charge < -0.3 is 19.1 Å². The van der Waals surface area contributed by atoms with Crippen molar-refractivity contribution >= 4 is 11.9 Å². The predicted octanol–water partition coefficient (Wildman–Crippen LogP) is 3.67. The zero-order chi connectivity index (χ0) is 20.9. The van der Waals surface area contributed by atoms with Crippen molar-refractivity contribution in [1.29, 1.82) is 0 Å². The summed E-state index contributed by atoms with van der Waals surface area (Å²) in [6.07, 6.45) is 8.68. The summed E-state index contributed by atoms with van der Waals surface area (Å²) in [6.45, 7) is 6.09. The number of carbonyl (C=O) groups excluding carboxylic acids is 2. The molecule has 28 heavy (non-hydrogen) atoms. The van der Waals surface area contributed by atoms with Crippen molar-refractivity contribution in [3.63, 3.8) is 0 Å². The van der Waals surface area contributed by atoms with Crippen LogP contribution >= 0.6 is 0 Å². The minimum atomic E-state index is -0.339. The molecule has 0 bridgehead atoms. The average Bonchev–Trinajstić information content (AvgIpc) is 2.67. The first-order valence-corrected chi connectivity index (χ1v) is 8.99. The highest BCUT2D eigenvalue weighted by molar-refractivity contribution is 5.88.